The Kier molecular flexibility index (Phi) is 8.04. The summed E-state index contributed by atoms with van der Waals surface area (Å²) < 4.78 is 7.86. The van der Waals surface area contributed by atoms with Gasteiger partial charge in [0.2, 0.25) is 0 Å². The number of nitrogens with two attached hydrogens (primary N) is 1. The Morgan fingerprint density at radius 3 is 2.44 bits per heavy atom. The Morgan fingerprint density at radius 1 is 1.00 bits per heavy atom. The lowest BCUT2D eigenvalue weighted by Gasteiger charge is -2.41. The minimum absolute atomic E-state index is 0.0467. The number of rotatable bonds is 8. The van der Waals surface area contributed by atoms with Gasteiger partial charge in [0.15, 0.2) is 5.65 Å². The minimum atomic E-state index is -0.263. The summed E-state index contributed by atoms with van der Waals surface area (Å²) in [6, 6.07) is 16.5. The van der Waals surface area contributed by atoms with E-state index in [-0.39, 0.29) is 18.7 Å². The maximum atomic E-state index is 10.1. The molecule has 1 unspecified atom stereocenters. The van der Waals surface area contributed by atoms with Crippen molar-refractivity contribution in [1.29, 1.82) is 0 Å². The summed E-state index contributed by atoms with van der Waals surface area (Å²) in [5.74, 6) is 1.08. The van der Waals surface area contributed by atoms with Crippen molar-refractivity contribution in [3.63, 3.8) is 0 Å². The van der Waals surface area contributed by atoms with Crippen LogP contribution in [0.5, 0.6) is 5.75 Å². The molecule has 0 spiro atoms. The van der Waals surface area contributed by atoms with Crippen molar-refractivity contribution >= 4 is 22.5 Å². The summed E-state index contributed by atoms with van der Waals surface area (Å²) in [5.41, 5.74) is 10.6. The highest BCUT2D eigenvalue weighted by molar-refractivity contribution is 5.98. The molecule has 2 fully saturated rings. The van der Waals surface area contributed by atoms with Gasteiger partial charge in [0.25, 0.3) is 0 Å². The van der Waals surface area contributed by atoms with E-state index in [1.165, 1.54) is 6.33 Å². The van der Waals surface area contributed by atoms with E-state index in [9.17, 15) is 5.11 Å². The smallest absolute Gasteiger partial charge is 0.164 e. The molecular formula is C31H40N8O2. The van der Waals surface area contributed by atoms with Crippen LogP contribution in [0.2, 0.25) is 0 Å². The molecule has 2 aromatic carbocycles. The highest BCUT2D eigenvalue weighted by atomic mass is 16.5. The molecule has 6 rings (SSSR count). The number of fused-ring (bicyclic) bond motifs is 1. The van der Waals surface area contributed by atoms with Gasteiger partial charge in [-0.15, -0.1) is 0 Å². The van der Waals surface area contributed by atoms with Crippen molar-refractivity contribution in [3.8, 4) is 17.0 Å². The number of hydrogen-bond donors (Lipinski definition) is 3. The molecule has 41 heavy (non-hydrogen) atoms. The molecule has 2 aliphatic rings. The van der Waals surface area contributed by atoms with E-state index < -0.39 is 0 Å². The van der Waals surface area contributed by atoms with Crippen molar-refractivity contribution in [2.75, 3.05) is 58.0 Å². The van der Waals surface area contributed by atoms with Gasteiger partial charge in [-0.3, -0.25) is 4.90 Å². The van der Waals surface area contributed by atoms with Crippen LogP contribution in [-0.2, 0) is 0 Å². The number of hydrogen-bond acceptors (Lipinski definition) is 9. The second kappa shape index (κ2) is 12.0. The topological polar surface area (TPSA) is 118 Å². The number of ether oxygens (including phenoxy) is 1. The summed E-state index contributed by atoms with van der Waals surface area (Å²) in [5, 5.41) is 19.4. The van der Waals surface area contributed by atoms with Gasteiger partial charge in [-0.2, -0.15) is 5.10 Å². The average Bonchev–Trinajstić information content (AvgIpc) is 3.42. The monoisotopic (exact) mass is 556 g/mol. The number of nitrogens with zero attached hydrogens (tertiary/aromatic N) is 6. The van der Waals surface area contributed by atoms with Crippen LogP contribution in [-0.4, -0.2) is 87.6 Å². The number of likely N-dealkylation sites (N-methyl/N-ethyl adjacent to an activating group) is 1. The Hall–Kier alpha value is -3.73. The molecular weight excluding hydrogens is 516 g/mol. The number of aliphatic hydroxyl groups is 1. The normalized spacial score (nSPS) is 21.1. The van der Waals surface area contributed by atoms with Gasteiger partial charge < -0.3 is 25.8 Å². The maximum Gasteiger partial charge on any atom is 0.164 e. The first-order chi connectivity index (χ1) is 20.1. The average molecular weight is 557 g/mol. The third-order valence-electron chi connectivity index (χ3n) is 8.77. The zero-order valence-corrected chi connectivity index (χ0v) is 23.9. The molecule has 0 amide bonds. The zero-order valence-electron chi connectivity index (χ0n) is 23.9. The first-order valence-corrected chi connectivity index (χ1v) is 14.6. The van der Waals surface area contributed by atoms with Gasteiger partial charge in [0, 0.05) is 37.8 Å². The second-order valence-electron chi connectivity index (χ2n) is 11.3. The van der Waals surface area contributed by atoms with E-state index in [1.54, 1.807) is 7.11 Å². The van der Waals surface area contributed by atoms with Crippen molar-refractivity contribution in [1.82, 2.24) is 29.5 Å². The Bertz CT molecular complexity index is 1460. The summed E-state index contributed by atoms with van der Waals surface area (Å²) in [7, 11) is 3.85. The number of piperazine rings is 1. The van der Waals surface area contributed by atoms with Crippen LogP contribution >= 0.6 is 0 Å². The lowest BCUT2D eigenvalue weighted by molar-refractivity contribution is 0.0815. The molecule has 0 radical (unpaired) electrons. The van der Waals surface area contributed by atoms with E-state index in [0.717, 1.165) is 85.4 Å². The lowest BCUT2D eigenvalue weighted by atomic mass is 9.90. The van der Waals surface area contributed by atoms with Gasteiger partial charge in [0.1, 0.15) is 23.6 Å². The Labute approximate surface area is 241 Å². The number of nitrogens with one attached hydrogen (secondary N) is 1. The summed E-state index contributed by atoms with van der Waals surface area (Å²) in [6.45, 7) is 4.56. The van der Waals surface area contributed by atoms with E-state index in [0.29, 0.717) is 17.6 Å². The molecule has 10 nitrogen and oxygen atoms in total. The van der Waals surface area contributed by atoms with Crippen molar-refractivity contribution in [2.24, 2.45) is 0 Å². The van der Waals surface area contributed by atoms with Crippen molar-refractivity contribution in [3.05, 3.63) is 60.4 Å². The summed E-state index contributed by atoms with van der Waals surface area (Å²) in [6.07, 6.45) is 5.97. The van der Waals surface area contributed by atoms with Crippen LogP contribution in [0.1, 0.15) is 43.3 Å². The predicted octanol–water partition coefficient (Wildman–Crippen LogP) is 3.96. The van der Waals surface area contributed by atoms with E-state index in [4.69, 9.17) is 15.6 Å². The molecule has 1 aliphatic heterocycles. The number of benzene rings is 2. The Morgan fingerprint density at radius 2 is 1.73 bits per heavy atom. The molecule has 1 atom stereocenters. The van der Waals surface area contributed by atoms with Crippen LogP contribution in [0.25, 0.3) is 22.3 Å². The van der Waals surface area contributed by atoms with Crippen LogP contribution in [0.4, 0.5) is 11.5 Å². The van der Waals surface area contributed by atoms with Crippen LogP contribution in [0.3, 0.4) is 0 Å². The predicted molar refractivity (Wildman–Crippen MR) is 162 cm³/mol. The molecule has 0 bridgehead atoms. The van der Waals surface area contributed by atoms with Gasteiger partial charge in [-0.25, -0.2) is 14.6 Å². The van der Waals surface area contributed by atoms with E-state index in [1.807, 2.05) is 48.5 Å². The number of nitrogen functional groups attached to an aromatic ring is 1. The first kappa shape index (κ1) is 27.4. The fourth-order valence-electron chi connectivity index (χ4n) is 6.37. The summed E-state index contributed by atoms with van der Waals surface area (Å²) in [4.78, 5) is 14.0. The van der Waals surface area contributed by atoms with Crippen LogP contribution in [0.15, 0.2) is 54.9 Å². The van der Waals surface area contributed by atoms with Gasteiger partial charge in [0.05, 0.1) is 36.9 Å². The molecule has 1 saturated heterocycles. The summed E-state index contributed by atoms with van der Waals surface area (Å²) >= 11 is 0. The van der Waals surface area contributed by atoms with Crippen LogP contribution < -0.4 is 15.8 Å². The Balaban J connectivity index is 1.27. The lowest BCUT2D eigenvalue weighted by Crippen LogP contribution is -2.49. The molecule has 10 heteroatoms. The number of aromatic nitrogens is 4. The van der Waals surface area contributed by atoms with Gasteiger partial charge in [-0.05, 0) is 50.4 Å². The quantitative estimate of drug-likeness (QED) is 0.296. The molecule has 1 aliphatic carbocycles. The van der Waals surface area contributed by atoms with Crippen LogP contribution in [0, 0.1) is 0 Å². The molecule has 4 N–H and O–H groups in total. The molecule has 1 saturated carbocycles. The molecule has 3 heterocycles. The minimum Gasteiger partial charge on any atom is -0.495 e. The first-order valence-electron chi connectivity index (χ1n) is 14.6. The second-order valence-corrected chi connectivity index (χ2v) is 11.3. The highest BCUT2D eigenvalue weighted by Crippen LogP contribution is 2.39. The third-order valence-corrected chi connectivity index (χ3v) is 8.77. The number of aliphatic hydroxyl groups excluding tert-OH is 1. The highest BCUT2D eigenvalue weighted by Gasteiger charge is 2.31. The molecule has 2 aromatic heterocycles. The zero-order chi connectivity index (χ0) is 28.3. The SMILES string of the molecule is COc1cc(-c2nn([C@H]3CC[C@@H](N4CCN(C)CC4)CC3)c3ncnc(N)c23)ccc1NC(CO)c1ccccc1. The van der Waals surface area contributed by atoms with Crippen molar-refractivity contribution < 1.29 is 9.84 Å². The van der Waals surface area contributed by atoms with Crippen molar-refractivity contribution in [2.45, 2.75) is 43.8 Å². The van der Waals surface area contributed by atoms with E-state index >= 15 is 0 Å². The third kappa shape index (κ3) is 5.59. The van der Waals surface area contributed by atoms with Gasteiger partial charge in [-0.1, -0.05) is 36.4 Å². The standard InChI is InChI=1S/C31H40N8O2/c1-37-14-16-38(17-15-37)23-9-11-24(12-10-23)39-31-28(30(32)33-20-34-31)29(36-39)22-8-13-25(27(18-22)41-2)35-26(19-40)21-6-4-3-5-7-21/h3-8,13,18,20,23-24,26,35,40H,9-12,14-17,19H2,1-2H3,(H2,32,33,34)/t23-,24+,26?. The largest absolute Gasteiger partial charge is 0.495 e. The number of anilines is 2. The van der Waals surface area contributed by atoms with Gasteiger partial charge >= 0.3 is 0 Å². The number of methoxy groups -OCH3 is 1. The van der Waals surface area contributed by atoms with E-state index in [2.05, 4.69) is 36.8 Å². The fourth-order valence-corrected chi connectivity index (χ4v) is 6.37. The fraction of sp³-hybridized carbons (Fsp3) is 0.452. The molecule has 216 valence electrons. The maximum absolute atomic E-state index is 10.1. The molecule has 4 aromatic rings.